The summed E-state index contributed by atoms with van der Waals surface area (Å²) >= 11 is 0. The number of rotatable bonds is 8. The van der Waals surface area contributed by atoms with Gasteiger partial charge in [0.1, 0.15) is 12.2 Å². The minimum absolute atomic E-state index is 0.155. The molecule has 1 aromatic carbocycles. The summed E-state index contributed by atoms with van der Waals surface area (Å²) < 4.78 is 30.6. The first-order chi connectivity index (χ1) is 12.1. The van der Waals surface area contributed by atoms with Crippen LogP contribution in [0.5, 0.6) is 0 Å². The van der Waals surface area contributed by atoms with E-state index in [4.69, 9.17) is 23.1 Å². The highest BCUT2D eigenvalue weighted by atomic mass is 28.4. The Kier molecular flexibility index (Phi) is 7.61. The Morgan fingerprint density at radius 3 is 2.08 bits per heavy atom. The van der Waals surface area contributed by atoms with Gasteiger partial charge in [0.05, 0.1) is 19.3 Å². The van der Waals surface area contributed by atoms with Gasteiger partial charge in [-0.1, -0.05) is 30.3 Å². The quantitative estimate of drug-likeness (QED) is 0.619. The third-order valence-corrected chi connectivity index (χ3v) is 5.88. The van der Waals surface area contributed by atoms with E-state index in [0.29, 0.717) is 13.2 Å². The summed E-state index contributed by atoms with van der Waals surface area (Å²) in [6, 6.07) is 10.2. The maximum atomic E-state index is 6.43. The van der Waals surface area contributed by atoms with E-state index < -0.39 is 22.9 Å². The van der Waals surface area contributed by atoms with Crippen molar-refractivity contribution in [3.8, 4) is 0 Å². The molecule has 0 bridgehead atoms. The molecule has 0 unspecified atom stereocenters. The lowest BCUT2D eigenvalue weighted by Gasteiger charge is -2.45. The third kappa shape index (κ3) is 6.88. The monoisotopic (exact) mass is 398 g/mol. The maximum Gasteiger partial charge on any atom is 0.184 e. The van der Waals surface area contributed by atoms with Crippen LogP contribution in [0.1, 0.15) is 5.56 Å². The normalized spacial score (nSPS) is 27.5. The van der Waals surface area contributed by atoms with Gasteiger partial charge in [-0.3, -0.25) is 0 Å². The van der Waals surface area contributed by atoms with Crippen molar-refractivity contribution < 1.29 is 23.1 Å². The van der Waals surface area contributed by atoms with E-state index in [1.165, 1.54) is 0 Å². The SMILES string of the molecule is CO[C@H]1OC[C@@H](O[Si](C)(C)C)[C@H](OCc2ccccc2)[C@H]1O[Si](C)(C)C. The molecule has 2 rings (SSSR count). The third-order valence-electron chi connectivity index (χ3n) is 3.90. The van der Waals surface area contributed by atoms with Gasteiger partial charge in [-0.25, -0.2) is 0 Å². The second-order valence-electron chi connectivity index (χ2n) is 8.66. The van der Waals surface area contributed by atoms with E-state index in [0.717, 1.165) is 5.56 Å². The van der Waals surface area contributed by atoms with E-state index in [1.807, 2.05) is 18.2 Å². The van der Waals surface area contributed by atoms with E-state index in [1.54, 1.807) is 7.11 Å². The summed E-state index contributed by atoms with van der Waals surface area (Å²) in [5.41, 5.74) is 1.13. The van der Waals surface area contributed by atoms with Crippen LogP contribution in [0.15, 0.2) is 30.3 Å². The van der Waals surface area contributed by atoms with Gasteiger partial charge >= 0.3 is 0 Å². The van der Waals surface area contributed by atoms with Crippen LogP contribution in [0.25, 0.3) is 0 Å². The number of ether oxygens (including phenoxy) is 3. The molecule has 1 aliphatic rings. The molecule has 0 radical (unpaired) electrons. The number of hydrogen-bond acceptors (Lipinski definition) is 5. The first kappa shape index (κ1) is 21.8. The summed E-state index contributed by atoms with van der Waals surface area (Å²) in [6.45, 7) is 14.0. The predicted octanol–water partition coefficient (Wildman–Crippen LogP) is 4.01. The molecule has 5 nitrogen and oxygen atoms in total. The summed E-state index contributed by atoms with van der Waals surface area (Å²) in [5.74, 6) is 0. The fourth-order valence-corrected chi connectivity index (χ4v) is 5.18. The Balaban J connectivity index is 2.21. The van der Waals surface area contributed by atoms with E-state index in [9.17, 15) is 0 Å². The van der Waals surface area contributed by atoms with Gasteiger partial charge in [-0.15, -0.1) is 0 Å². The molecule has 0 spiro atoms. The Bertz CT molecular complexity index is 541. The highest BCUT2D eigenvalue weighted by Gasteiger charge is 2.46. The molecular weight excluding hydrogens is 364 g/mol. The van der Waals surface area contributed by atoms with Gasteiger partial charge in [0.2, 0.25) is 0 Å². The molecule has 1 saturated heterocycles. The minimum Gasteiger partial charge on any atom is -0.410 e. The average molecular weight is 399 g/mol. The van der Waals surface area contributed by atoms with Gasteiger partial charge in [0.15, 0.2) is 22.9 Å². The van der Waals surface area contributed by atoms with Crippen LogP contribution in [0.4, 0.5) is 0 Å². The van der Waals surface area contributed by atoms with E-state index in [2.05, 4.69) is 51.4 Å². The Labute approximate surface area is 160 Å². The van der Waals surface area contributed by atoms with Crippen molar-refractivity contribution in [3.63, 3.8) is 0 Å². The lowest BCUT2D eigenvalue weighted by Crippen LogP contribution is -2.60. The van der Waals surface area contributed by atoms with Crippen LogP contribution in [0.2, 0.25) is 39.3 Å². The molecule has 0 aliphatic carbocycles. The molecular formula is C19H34O5Si2. The fraction of sp³-hybridized carbons (Fsp3) is 0.684. The Hall–Kier alpha value is -0.546. The highest BCUT2D eigenvalue weighted by Crippen LogP contribution is 2.29. The van der Waals surface area contributed by atoms with Gasteiger partial charge < -0.3 is 23.1 Å². The topological polar surface area (TPSA) is 46.2 Å². The molecule has 0 N–H and O–H groups in total. The van der Waals surface area contributed by atoms with Crippen LogP contribution in [-0.2, 0) is 29.7 Å². The number of benzene rings is 1. The summed E-state index contributed by atoms with van der Waals surface area (Å²) in [7, 11) is -1.93. The molecule has 1 heterocycles. The second kappa shape index (κ2) is 9.10. The molecule has 1 fully saturated rings. The number of hydrogen-bond donors (Lipinski definition) is 0. The largest absolute Gasteiger partial charge is 0.410 e. The summed E-state index contributed by atoms with van der Waals surface area (Å²) in [5, 5.41) is 0. The van der Waals surface area contributed by atoms with Crippen molar-refractivity contribution in [2.24, 2.45) is 0 Å². The fourth-order valence-electron chi connectivity index (χ4n) is 3.00. The lowest BCUT2D eigenvalue weighted by molar-refractivity contribution is -0.264. The van der Waals surface area contributed by atoms with Crippen LogP contribution < -0.4 is 0 Å². The van der Waals surface area contributed by atoms with Gasteiger partial charge in [-0.05, 0) is 44.8 Å². The molecule has 4 atom stereocenters. The smallest absolute Gasteiger partial charge is 0.184 e. The Morgan fingerprint density at radius 1 is 0.923 bits per heavy atom. The van der Waals surface area contributed by atoms with Crippen molar-refractivity contribution in [2.45, 2.75) is 70.5 Å². The zero-order valence-electron chi connectivity index (χ0n) is 17.2. The molecule has 1 aromatic rings. The van der Waals surface area contributed by atoms with Crippen LogP contribution >= 0.6 is 0 Å². The second-order valence-corrected chi connectivity index (χ2v) is 17.6. The van der Waals surface area contributed by atoms with Crippen LogP contribution in [0.3, 0.4) is 0 Å². The van der Waals surface area contributed by atoms with E-state index >= 15 is 0 Å². The first-order valence-electron chi connectivity index (χ1n) is 9.24. The molecule has 148 valence electrons. The van der Waals surface area contributed by atoms with Crippen molar-refractivity contribution in [1.29, 1.82) is 0 Å². The van der Waals surface area contributed by atoms with Gasteiger partial charge in [0.25, 0.3) is 0 Å². The average Bonchev–Trinajstić information content (AvgIpc) is 2.52. The van der Waals surface area contributed by atoms with E-state index in [-0.39, 0.29) is 18.3 Å². The van der Waals surface area contributed by atoms with Crippen LogP contribution in [-0.4, -0.2) is 55.0 Å². The molecule has 0 saturated carbocycles. The van der Waals surface area contributed by atoms with Crippen LogP contribution in [0, 0.1) is 0 Å². The number of methoxy groups -OCH3 is 1. The Morgan fingerprint density at radius 2 is 1.54 bits per heavy atom. The maximum absolute atomic E-state index is 6.43. The first-order valence-corrected chi connectivity index (χ1v) is 16.1. The molecule has 26 heavy (non-hydrogen) atoms. The highest BCUT2D eigenvalue weighted by molar-refractivity contribution is 6.70. The molecule has 0 aromatic heterocycles. The zero-order valence-corrected chi connectivity index (χ0v) is 19.2. The molecule has 0 amide bonds. The molecule has 7 heteroatoms. The molecule has 1 aliphatic heterocycles. The summed E-state index contributed by atoms with van der Waals surface area (Å²) in [4.78, 5) is 0. The standard InChI is InChI=1S/C19H34O5Si2/c1-20-19-18(24-26(5,6)7)17(16(14-22-19)23-25(2,3)4)21-13-15-11-9-8-10-12-15/h8-12,16-19H,13-14H2,1-7H3/t16-,17+,18-,19+/m1/s1. The predicted molar refractivity (Wildman–Crippen MR) is 108 cm³/mol. The minimum atomic E-state index is -1.83. The van der Waals surface area contributed by atoms with Crippen molar-refractivity contribution in [2.75, 3.05) is 13.7 Å². The van der Waals surface area contributed by atoms with Gasteiger partial charge in [-0.2, -0.15) is 0 Å². The van der Waals surface area contributed by atoms with Crippen molar-refractivity contribution in [1.82, 2.24) is 0 Å². The van der Waals surface area contributed by atoms with Gasteiger partial charge in [0, 0.05) is 7.11 Å². The zero-order chi connectivity index (χ0) is 19.4. The van der Waals surface area contributed by atoms with Crippen molar-refractivity contribution >= 4 is 16.6 Å². The summed E-state index contributed by atoms with van der Waals surface area (Å²) in [6.07, 6.45) is -1.13. The lowest BCUT2D eigenvalue weighted by atomic mass is 10.1. The van der Waals surface area contributed by atoms with Crippen molar-refractivity contribution in [3.05, 3.63) is 35.9 Å².